The van der Waals surface area contributed by atoms with Gasteiger partial charge in [0.15, 0.2) is 0 Å². The molecule has 23 heavy (non-hydrogen) atoms. The second-order valence-corrected chi connectivity index (χ2v) is 7.05. The SMILES string of the molecule is COc1cccc2c1[C@@H](c1ccc(Br)cc1)C(=O)N1CCC[C@@H]21. The van der Waals surface area contributed by atoms with Crippen molar-refractivity contribution in [3.05, 3.63) is 63.6 Å². The van der Waals surface area contributed by atoms with Crippen LogP contribution in [0.4, 0.5) is 0 Å². The number of hydrogen-bond acceptors (Lipinski definition) is 2. The molecule has 0 spiro atoms. The zero-order valence-electron chi connectivity index (χ0n) is 13.0. The van der Waals surface area contributed by atoms with Crippen molar-refractivity contribution in [1.29, 1.82) is 0 Å². The molecule has 2 aliphatic rings. The van der Waals surface area contributed by atoms with Crippen LogP contribution < -0.4 is 4.74 Å². The molecule has 0 bridgehead atoms. The smallest absolute Gasteiger partial charge is 0.235 e. The normalized spacial score (nSPS) is 22.7. The molecule has 2 aromatic rings. The van der Waals surface area contributed by atoms with Crippen LogP contribution in [0.1, 0.15) is 41.5 Å². The van der Waals surface area contributed by atoms with E-state index in [1.807, 2.05) is 36.4 Å². The molecule has 0 radical (unpaired) electrons. The number of rotatable bonds is 2. The van der Waals surface area contributed by atoms with Gasteiger partial charge in [0.1, 0.15) is 5.75 Å². The zero-order chi connectivity index (χ0) is 16.0. The highest BCUT2D eigenvalue weighted by molar-refractivity contribution is 9.10. The highest BCUT2D eigenvalue weighted by Gasteiger charge is 2.43. The van der Waals surface area contributed by atoms with E-state index in [0.29, 0.717) is 0 Å². The number of carbonyl (C=O) groups excluding carboxylic acids is 1. The van der Waals surface area contributed by atoms with Crippen molar-refractivity contribution in [2.75, 3.05) is 13.7 Å². The molecule has 1 fully saturated rings. The van der Waals surface area contributed by atoms with Crippen molar-refractivity contribution < 1.29 is 9.53 Å². The summed E-state index contributed by atoms with van der Waals surface area (Å²) in [4.78, 5) is 15.2. The third-order valence-electron chi connectivity index (χ3n) is 4.95. The summed E-state index contributed by atoms with van der Waals surface area (Å²) in [5.74, 6) is 0.741. The maximum absolute atomic E-state index is 13.2. The second kappa shape index (κ2) is 5.68. The molecule has 2 aliphatic heterocycles. The van der Waals surface area contributed by atoms with Gasteiger partial charge in [-0.2, -0.15) is 0 Å². The number of halogens is 1. The minimum atomic E-state index is -0.274. The van der Waals surface area contributed by atoms with Crippen LogP contribution in [0.5, 0.6) is 5.75 Å². The number of benzene rings is 2. The fourth-order valence-corrected chi connectivity index (χ4v) is 4.21. The van der Waals surface area contributed by atoms with Crippen molar-refractivity contribution in [1.82, 2.24) is 4.90 Å². The van der Waals surface area contributed by atoms with Crippen molar-refractivity contribution in [2.45, 2.75) is 24.8 Å². The monoisotopic (exact) mass is 371 g/mol. The number of ether oxygens (including phenoxy) is 1. The molecule has 2 heterocycles. The molecular weight excluding hydrogens is 354 g/mol. The van der Waals surface area contributed by atoms with Crippen molar-refractivity contribution >= 4 is 21.8 Å². The first-order valence-electron chi connectivity index (χ1n) is 7.93. The van der Waals surface area contributed by atoms with E-state index in [1.165, 1.54) is 5.56 Å². The lowest BCUT2D eigenvalue weighted by Crippen LogP contribution is -2.40. The Balaban J connectivity index is 1.93. The third-order valence-corrected chi connectivity index (χ3v) is 5.48. The molecular formula is C19H18BrNO2. The van der Waals surface area contributed by atoms with Gasteiger partial charge in [0.05, 0.1) is 19.1 Å². The Morgan fingerprint density at radius 2 is 1.96 bits per heavy atom. The van der Waals surface area contributed by atoms with Gasteiger partial charge in [-0.05, 0) is 42.2 Å². The first-order chi connectivity index (χ1) is 11.2. The highest BCUT2D eigenvalue weighted by atomic mass is 79.9. The van der Waals surface area contributed by atoms with Crippen LogP contribution in [0.3, 0.4) is 0 Å². The molecule has 0 N–H and O–H groups in total. The van der Waals surface area contributed by atoms with E-state index >= 15 is 0 Å². The molecule has 4 rings (SSSR count). The second-order valence-electron chi connectivity index (χ2n) is 6.14. The maximum Gasteiger partial charge on any atom is 0.235 e. The van der Waals surface area contributed by atoms with Gasteiger partial charge in [-0.3, -0.25) is 4.79 Å². The third kappa shape index (κ3) is 2.27. The predicted octanol–water partition coefficient (Wildman–Crippen LogP) is 4.27. The van der Waals surface area contributed by atoms with Gasteiger partial charge in [0.2, 0.25) is 5.91 Å². The van der Waals surface area contributed by atoms with E-state index in [4.69, 9.17) is 4.74 Å². The molecule has 3 nitrogen and oxygen atoms in total. The number of amides is 1. The fraction of sp³-hybridized carbons (Fsp3) is 0.316. The van der Waals surface area contributed by atoms with E-state index in [-0.39, 0.29) is 17.9 Å². The van der Waals surface area contributed by atoms with Crippen molar-refractivity contribution in [2.24, 2.45) is 0 Å². The first-order valence-corrected chi connectivity index (χ1v) is 8.72. The molecule has 118 valence electrons. The van der Waals surface area contributed by atoms with Gasteiger partial charge in [0, 0.05) is 16.6 Å². The molecule has 0 aromatic heterocycles. The molecule has 0 aliphatic carbocycles. The van der Waals surface area contributed by atoms with Gasteiger partial charge < -0.3 is 9.64 Å². The number of nitrogens with zero attached hydrogens (tertiary/aromatic N) is 1. The van der Waals surface area contributed by atoms with E-state index in [0.717, 1.165) is 40.7 Å². The molecule has 2 aromatic carbocycles. The van der Waals surface area contributed by atoms with Gasteiger partial charge in [-0.1, -0.05) is 40.2 Å². The van der Waals surface area contributed by atoms with Crippen LogP contribution >= 0.6 is 15.9 Å². The number of hydrogen-bond donors (Lipinski definition) is 0. The quantitative estimate of drug-likeness (QED) is 0.788. The summed E-state index contributed by atoms with van der Waals surface area (Å²) in [6, 6.07) is 14.4. The Morgan fingerprint density at radius 3 is 2.70 bits per heavy atom. The van der Waals surface area contributed by atoms with Crippen molar-refractivity contribution in [3.63, 3.8) is 0 Å². The van der Waals surface area contributed by atoms with Gasteiger partial charge in [0.25, 0.3) is 0 Å². The predicted molar refractivity (Wildman–Crippen MR) is 92.7 cm³/mol. The lowest BCUT2D eigenvalue weighted by atomic mass is 9.80. The summed E-state index contributed by atoms with van der Waals surface area (Å²) in [6.45, 7) is 0.854. The van der Waals surface area contributed by atoms with Gasteiger partial charge >= 0.3 is 0 Å². The van der Waals surface area contributed by atoms with Gasteiger partial charge in [-0.25, -0.2) is 0 Å². The summed E-state index contributed by atoms with van der Waals surface area (Å²) in [5.41, 5.74) is 3.31. The van der Waals surface area contributed by atoms with Crippen LogP contribution in [0, 0.1) is 0 Å². The van der Waals surface area contributed by atoms with E-state index in [2.05, 4.69) is 26.9 Å². The Bertz CT molecular complexity index is 756. The number of carbonyl (C=O) groups is 1. The summed E-state index contributed by atoms with van der Waals surface area (Å²) in [6.07, 6.45) is 2.11. The lowest BCUT2D eigenvalue weighted by Gasteiger charge is -2.37. The summed E-state index contributed by atoms with van der Waals surface area (Å²) >= 11 is 3.47. The van der Waals surface area contributed by atoms with Crippen LogP contribution in [0.15, 0.2) is 46.9 Å². The molecule has 1 saturated heterocycles. The summed E-state index contributed by atoms with van der Waals surface area (Å²) in [7, 11) is 1.68. The number of methoxy groups -OCH3 is 1. The molecule has 1 amide bonds. The lowest BCUT2D eigenvalue weighted by molar-refractivity contribution is -0.133. The average Bonchev–Trinajstić information content (AvgIpc) is 3.06. The topological polar surface area (TPSA) is 29.5 Å². The maximum atomic E-state index is 13.2. The molecule has 2 atom stereocenters. The van der Waals surface area contributed by atoms with Crippen LogP contribution in [-0.4, -0.2) is 24.5 Å². The largest absolute Gasteiger partial charge is 0.496 e. The standard InChI is InChI=1S/C19H18BrNO2/c1-23-16-6-2-4-14-15-5-3-11-21(15)19(22)17(18(14)16)12-7-9-13(20)10-8-12/h2,4,6-10,15,17H,3,5,11H2,1H3/t15-,17+/m0/s1. The average molecular weight is 372 g/mol. The van der Waals surface area contributed by atoms with Crippen LogP contribution in [0.2, 0.25) is 0 Å². The van der Waals surface area contributed by atoms with Crippen LogP contribution in [-0.2, 0) is 4.79 Å². The summed E-state index contributed by atoms with van der Waals surface area (Å²) in [5, 5.41) is 0. The zero-order valence-corrected chi connectivity index (χ0v) is 14.5. The highest BCUT2D eigenvalue weighted by Crippen LogP contribution is 2.48. The minimum absolute atomic E-state index is 0.201. The Morgan fingerprint density at radius 1 is 1.17 bits per heavy atom. The molecule has 4 heteroatoms. The Hall–Kier alpha value is -1.81. The fourth-order valence-electron chi connectivity index (χ4n) is 3.95. The van der Waals surface area contributed by atoms with E-state index in [9.17, 15) is 4.79 Å². The Kier molecular flexibility index (Phi) is 3.64. The van der Waals surface area contributed by atoms with Crippen LogP contribution in [0.25, 0.3) is 0 Å². The van der Waals surface area contributed by atoms with Crippen molar-refractivity contribution in [3.8, 4) is 5.75 Å². The number of fused-ring (bicyclic) bond motifs is 3. The van der Waals surface area contributed by atoms with Gasteiger partial charge in [-0.15, -0.1) is 0 Å². The first kappa shape index (κ1) is 14.8. The summed E-state index contributed by atoms with van der Waals surface area (Å²) < 4.78 is 6.62. The minimum Gasteiger partial charge on any atom is -0.496 e. The van der Waals surface area contributed by atoms with E-state index < -0.39 is 0 Å². The Labute approximate surface area is 144 Å². The molecule has 0 unspecified atom stereocenters. The van der Waals surface area contributed by atoms with E-state index in [1.54, 1.807) is 7.11 Å². The molecule has 0 saturated carbocycles.